The van der Waals surface area contributed by atoms with Gasteiger partial charge in [0.2, 0.25) is 0 Å². The third kappa shape index (κ3) is 8.86. The first-order valence-electron chi connectivity index (χ1n) is 16.6. The van der Waals surface area contributed by atoms with E-state index < -0.39 is 0 Å². The minimum Gasteiger partial charge on any atom is -0.466 e. The van der Waals surface area contributed by atoms with E-state index in [-0.39, 0.29) is 25.5 Å². The fourth-order valence-electron chi connectivity index (χ4n) is 5.86. The van der Waals surface area contributed by atoms with Gasteiger partial charge in [0.25, 0.3) is 0 Å². The normalized spacial score (nSPS) is 12.4. The summed E-state index contributed by atoms with van der Waals surface area (Å²) in [5, 5.41) is 9.04. The standard InChI is InChI=1S/C31H32NO.C10H21N2.Ir/c1-18(2)12-23-17-25-29(32-27-14-19(3)13-20(4)28(27)30(25)33-23)22-15-21-10-8-9-11-24(21)26(16-22)31(5,6)7;1-7(2)10(11-8(3)4)12-9(5)6;/h8-11,13-14,16-18H,12H2,1-7H3;7-9H,1-6H3;/q2*-1;. The van der Waals surface area contributed by atoms with Gasteiger partial charge in [-0.3, -0.25) is 4.98 Å². The van der Waals surface area contributed by atoms with Crippen molar-refractivity contribution in [2.45, 2.75) is 114 Å². The van der Waals surface area contributed by atoms with Crippen molar-refractivity contribution in [3.05, 3.63) is 82.4 Å². The van der Waals surface area contributed by atoms with E-state index in [1.807, 2.05) is 0 Å². The van der Waals surface area contributed by atoms with Crippen LogP contribution in [0.3, 0.4) is 0 Å². The molecule has 0 fully saturated rings. The van der Waals surface area contributed by atoms with Crippen molar-refractivity contribution < 1.29 is 24.5 Å². The summed E-state index contributed by atoms with van der Waals surface area (Å²) in [6.45, 7) is 28.1. The van der Waals surface area contributed by atoms with Crippen LogP contribution in [0, 0.1) is 31.7 Å². The number of hydrogen-bond donors (Lipinski definition) is 0. The molecule has 0 N–H and O–H groups in total. The minimum atomic E-state index is 0. The number of hydrogen-bond acceptors (Lipinski definition) is 3. The molecule has 0 saturated carbocycles. The van der Waals surface area contributed by atoms with Crippen LogP contribution in [-0.2, 0) is 31.9 Å². The Hall–Kier alpha value is -3.01. The molecule has 249 valence electrons. The van der Waals surface area contributed by atoms with Gasteiger partial charge in [-0.15, -0.1) is 29.1 Å². The quantitative estimate of drug-likeness (QED) is 0.0976. The maximum atomic E-state index is 6.51. The fourth-order valence-corrected chi connectivity index (χ4v) is 5.86. The average molecular weight is 796 g/mol. The molecule has 3 aromatic carbocycles. The Kier molecular flexibility index (Phi) is 12.4. The summed E-state index contributed by atoms with van der Waals surface area (Å²) in [5.41, 5.74) is 7.65. The Balaban J connectivity index is 0.000000380. The van der Waals surface area contributed by atoms with Crippen molar-refractivity contribution >= 4 is 38.5 Å². The monoisotopic (exact) mass is 796 g/mol. The summed E-state index contributed by atoms with van der Waals surface area (Å²) < 4.78 is 6.51. The van der Waals surface area contributed by atoms with Crippen molar-refractivity contribution in [1.82, 2.24) is 4.98 Å². The third-order valence-corrected chi connectivity index (χ3v) is 7.70. The van der Waals surface area contributed by atoms with Crippen LogP contribution in [0.15, 0.2) is 57.9 Å². The number of aliphatic imine (C=N–C) groups is 1. The number of fused-ring (bicyclic) bond motifs is 4. The summed E-state index contributed by atoms with van der Waals surface area (Å²) in [7, 11) is 0. The molecule has 5 aromatic rings. The van der Waals surface area contributed by atoms with Gasteiger partial charge in [0, 0.05) is 43.0 Å². The Bertz CT molecular complexity index is 1820. The van der Waals surface area contributed by atoms with E-state index in [2.05, 4.69) is 155 Å². The van der Waals surface area contributed by atoms with Gasteiger partial charge in [-0.25, -0.2) is 0 Å². The number of furan rings is 1. The first kappa shape index (κ1) is 37.4. The number of rotatable bonds is 6. The number of pyridine rings is 1. The van der Waals surface area contributed by atoms with Gasteiger partial charge in [-0.1, -0.05) is 117 Å². The molecule has 46 heavy (non-hydrogen) atoms. The zero-order valence-corrected chi connectivity index (χ0v) is 32.6. The number of benzene rings is 3. The second kappa shape index (κ2) is 15.3. The molecular weight excluding hydrogens is 743 g/mol. The molecule has 0 bridgehead atoms. The van der Waals surface area contributed by atoms with Crippen LogP contribution in [0.1, 0.15) is 98.6 Å². The molecular formula is C41H53IrN3O-2. The average Bonchev–Trinajstić information content (AvgIpc) is 3.33. The summed E-state index contributed by atoms with van der Waals surface area (Å²) in [6, 6.07) is 21.8. The third-order valence-electron chi connectivity index (χ3n) is 7.70. The minimum absolute atomic E-state index is 0. The topological polar surface area (TPSA) is 52.5 Å². The maximum Gasteiger partial charge on any atom is 0.138 e. The maximum absolute atomic E-state index is 6.51. The van der Waals surface area contributed by atoms with Crippen LogP contribution >= 0.6 is 0 Å². The summed E-state index contributed by atoms with van der Waals surface area (Å²) in [4.78, 5) is 9.69. The predicted molar refractivity (Wildman–Crippen MR) is 196 cm³/mol. The van der Waals surface area contributed by atoms with E-state index in [1.165, 1.54) is 22.1 Å². The molecule has 0 aliphatic heterocycles. The van der Waals surface area contributed by atoms with Crippen LogP contribution < -0.4 is 0 Å². The summed E-state index contributed by atoms with van der Waals surface area (Å²) >= 11 is 0. The second-order valence-electron chi connectivity index (χ2n) is 14.8. The number of amidine groups is 1. The molecule has 4 nitrogen and oxygen atoms in total. The first-order chi connectivity index (χ1) is 21.0. The summed E-state index contributed by atoms with van der Waals surface area (Å²) in [6.07, 6.45) is 0.912. The smallest absolute Gasteiger partial charge is 0.138 e. The van der Waals surface area contributed by atoms with Crippen molar-refractivity contribution in [1.29, 1.82) is 0 Å². The van der Waals surface area contributed by atoms with Gasteiger partial charge in [0.15, 0.2) is 0 Å². The molecule has 0 saturated heterocycles. The van der Waals surface area contributed by atoms with Gasteiger partial charge >= 0.3 is 0 Å². The van der Waals surface area contributed by atoms with E-state index in [0.717, 1.165) is 56.5 Å². The first-order valence-corrected chi connectivity index (χ1v) is 16.6. The molecule has 0 unspecified atom stereocenters. The van der Waals surface area contributed by atoms with Crippen molar-refractivity contribution in [3.63, 3.8) is 0 Å². The fraction of sp³-hybridized carbons (Fsp3) is 0.463. The predicted octanol–water partition coefficient (Wildman–Crippen LogP) is 11.9. The Labute approximate surface area is 291 Å². The summed E-state index contributed by atoms with van der Waals surface area (Å²) in [5.74, 6) is 2.98. The largest absolute Gasteiger partial charge is 0.466 e. The van der Waals surface area contributed by atoms with Crippen LogP contribution in [0.4, 0.5) is 0 Å². The Morgan fingerprint density at radius 3 is 2.17 bits per heavy atom. The van der Waals surface area contributed by atoms with Gasteiger partial charge in [0.05, 0.1) is 5.52 Å². The van der Waals surface area contributed by atoms with Crippen molar-refractivity contribution in [2.75, 3.05) is 0 Å². The van der Waals surface area contributed by atoms with Gasteiger partial charge in [0.1, 0.15) is 11.3 Å². The molecule has 0 atom stereocenters. The molecule has 0 aliphatic rings. The Morgan fingerprint density at radius 2 is 1.59 bits per heavy atom. The number of nitrogens with zero attached hydrogens (tertiary/aromatic N) is 3. The van der Waals surface area contributed by atoms with Crippen molar-refractivity contribution in [3.8, 4) is 11.3 Å². The van der Waals surface area contributed by atoms with Crippen molar-refractivity contribution in [2.24, 2.45) is 16.8 Å². The zero-order valence-electron chi connectivity index (χ0n) is 30.2. The molecule has 5 heteroatoms. The molecule has 5 rings (SSSR count). The van der Waals surface area contributed by atoms with Gasteiger partial charge < -0.3 is 14.7 Å². The Morgan fingerprint density at radius 1 is 0.913 bits per heavy atom. The van der Waals surface area contributed by atoms with Crippen LogP contribution in [0.2, 0.25) is 0 Å². The number of aryl methyl sites for hydroxylation is 2. The van der Waals surface area contributed by atoms with Crippen LogP contribution in [-0.4, -0.2) is 22.9 Å². The second-order valence-corrected chi connectivity index (χ2v) is 14.8. The van der Waals surface area contributed by atoms with E-state index in [9.17, 15) is 0 Å². The molecule has 0 aliphatic carbocycles. The SMILES string of the molecule is CC(C)N=C([N-]C(C)C)C(C)C.Cc1cc(C)c2c(c1)nc(-c1[c-]c3ccccc3c(C(C)(C)C)c1)c1cc(CC(C)C)oc12.[Ir]. The number of aromatic nitrogens is 1. The van der Waals surface area contributed by atoms with Crippen LogP contribution in [0.5, 0.6) is 0 Å². The van der Waals surface area contributed by atoms with Crippen LogP contribution in [0.25, 0.3) is 49.2 Å². The molecule has 1 radical (unpaired) electrons. The zero-order chi connectivity index (χ0) is 33.2. The van der Waals surface area contributed by atoms with Gasteiger partial charge in [-0.05, 0) is 66.4 Å². The molecule has 0 amide bonds. The van der Waals surface area contributed by atoms with E-state index in [1.54, 1.807) is 0 Å². The molecule has 0 spiro atoms. The van der Waals surface area contributed by atoms with E-state index >= 15 is 0 Å². The molecule has 2 aromatic heterocycles. The van der Waals surface area contributed by atoms with Gasteiger partial charge in [-0.2, -0.15) is 0 Å². The van der Waals surface area contributed by atoms with E-state index in [0.29, 0.717) is 23.9 Å². The molecule has 2 heterocycles. The van der Waals surface area contributed by atoms with E-state index in [4.69, 9.17) is 9.40 Å².